The van der Waals surface area contributed by atoms with Crippen molar-refractivity contribution in [3.63, 3.8) is 0 Å². The molecule has 6 heterocycles. The topological polar surface area (TPSA) is 155 Å². The summed E-state index contributed by atoms with van der Waals surface area (Å²) >= 11 is 5.47. The third kappa shape index (κ3) is 6.16. The molecule has 0 radical (unpaired) electrons. The molecule has 0 bridgehead atoms. The quantitative estimate of drug-likeness (QED) is 0.160. The summed E-state index contributed by atoms with van der Waals surface area (Å²) in [5.41, 5.74) is 3.89. The number of hydrogen-bond acceptors (Lipinski definition) is 14. The van der Waals surface area contributed by atoms with Crippen molar-refractivity contribution in [2.45, 2.75) is 64.6 Å². The monoisotopic (exact) mass is 924 g/mol. The molecule has 4 atom stereocenters. The maximum atomic E-state index is 14.4. The second-order valence-electron chi connectivity index (χ2n) is 16.9. The molecule has 4 saturated carbocycles. The summed E-state index contributed by atoms with van der Waals surface area (Å²) in [7, 11) is 0. The highest BCUT2D eigenvalue weighted by molar-refractivity contribution is 7.40. The lowest BCUT2D eigenvalue weighted by Gasteiger charge is -2.20. The van der Waals surface area contributed by atoms with Crippen LogP contribution in [0.15, 0.2) is 82.8 Å². The van der Waals surface area contributed by atoms with E-state index in [1.54, 1.807) is 12.1 Å². The van der Waals surface area contributed by atoms with E-state index in [2.05, 4.69) is 9.98 Å². The zero-order valence-corrected chi connectivity index (χ0v) is 37.3. The first kappa shape index (κ1) is 39.6. The van der Waals surface area contributed by atoms with Gasteiger partial charge in [0.05, 0.1) is 50.3 Å². The van der Waals surface area contributed by atoms with E-state index in [9.17, 15) is 28.8 Å². The summed E-state index contributed by atoms with van der Waals surface area (Å²) < 4.78 is 19.5. The number of aliphatic imine (C=N–C) groups is 2. The molecule has 320 valence electrons. The van der Waals surface area contributed by atoms with Crippen LogP contribution in [0.2, 0.25) is 0 Å². The highest BCUT2D eigenvalue weighted by Crippen LogP contribution is 2.54. The number of Topliss-reactive ketones (excluding diaryl/α,β-unsaturated/α-hetero) is 4. The van der Waals surface area contributed by atoms with Crippen molar-refractivity contribution in [2.24, 2.45) is 33.7 Å². The van der Waals surface area contributed by atoms with Crippen LogP contribution in [0, 0.1) is 23.7 Å². The number of carbonyl (C=O) groups excluding carboxylic acids is 6. The van der Waals surface area contributed by atoms with Gasteiger partial charge < -0.3 is 9.47 Å². The van der Waals surface area contributed by atoms with Crippen LogP contribution in [0.5, 0.6) is 0 Å². The van der Waals surface area contributed by atoms with Crippen LogP contribution >= 0.6 is 45.3 Å². The van der Waals surface area contributed by atoms with Crippen LogP contribution < -0.4 is 0 Å². The molecule has 2 aromatic carbocycles. The second kappa shape index (κ2) is 15.4. The molecule has 8 aromatic rings. The van der Waals surface area contributed by atoms with E-state index in [-0.39, 0.29) is 71.4 Å². The summed E-state index contributed by atoms with van der Waals surface area (Å²) in [6.07, 6.45) is 5.18. The zero-order valence-electron chi connectivity index (χ0n) is 34.0. The molecule has 12 rings (SSSR count). The first-order valence-electron chi connectivity index (χ1n) is 21.5. The molecule has 0 aliphatic heterocycles. The Balaban J connectivity index is 1.03. The van der Waals surface area contributed by atoms with Crippen LogP contribution in [0.1, 0.15) is 62.5 Å². The Morgan fingerprint density at radius 3 is 1.20 bits per heavy atom. The SMILES string of the molecule is O=C1C(=Nc2cc3c(s2)c2sc4c(sc5c6sc(N=C7C(=O)C8CCCCC8C7=O)cc6n(C(=O)OCc6ccccc6)c54)c2n3C(=O)OCc2ccccc2)C(=O)C2CCCCC12. The predicted octanol–water partition coefficient (Wildman–Crippen LogP) is 11.7. The Morgan fingerprint density at radius 2 is 0.844 bits per heavy atom. The van der Waals surface area contributed by atoms with Gasteiger partial charge in [0.25, 0.3) is 0 Å². The third-order valence-corrected chi connectivity index (χ3v) is 18.1. The highest BCUT2D eigenvalue weighted by atomic mass is 32.1. The molecule has 4 aliphatic carbocycles. The van der Waals surface area contributed by atoms with Gasteiger partial charge in [-0.1, -0.05) is 86.3 Å². The third-order valence-electron chi connectivity index (χ3n) is 13.2. The molecule has 4 aliphatic rings. The first-order valence-corrected chi connectivity index (χ1v) is 24.7. The molecule has 12 nitrogen and oxygen atoms in total. The van der Waals surface area contributed by atoms with Gasteiger partial charge in [-0.3, -0.25) is 19.2 Å². The summed E-state index contributed by atoms with van der Waals surface area (Å²) in [5, 5.41) is 0.879. The van der Waals surface area contributed by atoms with E-state index in [1.165, 1.54) is 54.5 Å². The molecule has 16 heteroatoms. The van der Waals surface area contributed by atoms with Gasteiger partial charge in [0.2, 0.25) is 0 Å². The molecule has 0 amide bonds. The first-order chi connectivity index (χ1) is 31.2. The average Bonchev–Trinajstić information content (AvgIpc) is 4.20. The maximum absolute atomic E-state index is 14.4. The molecule has 0 N–H and O–H groups in total. The number of fused-ring (bicyclic) bond motifs is 11. The fourth-order valence-electron chi connectivity index (χ4n) is 10.2. The van der Waals surface area contributed by atoms with E-state index in [0.717, 1.165) is 65.0 Å². The van der Waals surface area contributed by atoms with Crippen molar-refractivity contribution in [1.82, 2.24) is 9.13 Å². The van der Waals surface area contributed by atoms with Crippen LogP contribution in [-0.2, 0) is 41.9 Å². The van der Waals surface area contributed by atoms with Gasteiger partial charge in [-0.05, 0) is 48.9 Å². The molecule has 6 aromatic heterocycles. The van der Waals surface area contributed by atoms with Crippen molar-refractivity contribution in [3.8, 4) is 0 Å². The fraction of sp³-hybridized carbons (Fsp3) is 0.292. The summed E-state index contributed by atoms with van der Waals surface area (Å²) in [5.74, 6) is -2.07. The molecule has 4 fully saturated rings. The smallest absolute Gasteiger partial charge is 0.419 e. The van der Waals surface area contributed by atoms with Crippen LogP contribution in [0.3, 0.4) is 0 Å². The van der Waals surface area contributed by atoms with Crippen molar-refractivity contribution < 1.29 is 38.2 Å². The lowest BCUT2D eigenvalue weighted by atomic mass is 9.81. The molecule has 0 saturated heterocycles. The van der Waals surface area contributed by atoms with Gasteiger partial charge in [0.1, 0.15) is 23.2 Å². The number of rotatable bonds is 6. The second-order valence-corrected chi connectivity index (χ2v) is 21.0. The van der Waals surface area contributed by atoms with Gasteiger partial charge >= 0.3 is 12.2 Å². The lowest BCUT2D eigenvalue weighted by Crippen LogP contribution is -2.21. The minimum absolute atomic E-state index is 0.0134. The van der Waals surface area contributed by atoms with E-state index in [0.29, 0.717) is 57.8 Å². The standard InChI is InChI=1S/C48H36N4O8S4/c53-37-25-15-7-8-16-26(25)38(54)33(37)49-31-19-29-41(61-31)43-35(51(29)47(57)59-21-23-11-3-1-4-12-23)45-46(63-43)36-44(64-45)42-30(52(36)48(58)60-22-24-13-5-2-6-14-24)20-32(62-42)50-34-39(55)27-17-9-10-18-28(27)40(34)56/h1-6,11-14,19-20,25-28H,7-10,15-18,21-22H2. The fourth-order valence-corrected chi connectivity index (χ4v) is 15.4. The minimum atomic E-state index is -0.617. The molecule has 64 heavy (non-hydrogen) atoms. The predicted molar refractivity (Wildman–Crippen MR) is 251 cm³/mol. The molecular weight excluding hydrogens is 889 g/mol. The van der Waals surface area contributed by atoms with Gasteiger partial charge in [-0.25, -0.2) is 28.7 Å². The number of aromatic nitrogens is 2. The lowest BCUT2D eigenvalue weighted by molar-refractivity contribution is -0.120. The molecule has 0 spiro atoms. The number of carbonyl (C=O) groups is 6. The van der Waals surface area contributed by atoms with Gasteiger partial charge in [-0.15, -0.1) is 45.3 Å². The Hall–Kier alpha value is -5.94. The zero-order chi connectivity index (χ0) is 43.4. The highest BCUT2D eigenvalue weighted by Gasteiger charge is 2.49. The number of ketones is 4. The van der Waals surface area contributed by atoms with Crippen molar-refractivity contribution in [3.05, 3.63) is 83.9 Å². The number of hydrogen-bond donors (Lipinski definition) is 0. The number of benzene rings is 2. The summed E-state index contributed by atoms with van der Waals surface area (Å²) in [4.78, 5) is 92.1. The van der Waals surface area contributed by atoms with Crippen molar-refractivity contribution in [1.29, 1.82) is 0 Å². The van der Waals surface area contributed by atoms with E-state index in [1.807, 2.05) is 60.7 Å². The Labute approximate surface area is 379 Å². The summed E-state index contributed by atoms with van der Waals surface area (Å²) in [6, 6.07) is 22.3. The Morgan fingerprint density at radius 1 is 0.500 bits per heavy atom. The minimum Gasteiger partial charge on any atom is -0.444 e. The number of nitrogens with zero attached hydrogens (tertiary/aromatic N) is 4. The Kier molecular flexibility index (Phi) is 9.51. The molecule has 4 unspecified atom stereocenters. The normalized spacial score (nSPS) is 21.2. The largest absolute Gasteiger partial charge is 0.444 e. The number of thiophene rings is 4. The maximum Gasteiger partial charge on any atom is 0.419 e. The van der Waals surface area contributed by atoms with E-state index < -0.39 is 12.2 Å². The van der Waals surface area contributed by atoms with Gasteiger partial charge in [0.15, 0.2) is 34.6 Å². The summed E-state index contributed by atoms with van der Waals surface area (Å²) in [6.45, 7) is 0.0506. The van der Waals surface area contributed by atoms with Gasteiger partial charge in [-0.2, -0.15) is 0 Å². The van der Waals surface area contributed by atoms with Crippen LogP contribution in [0.25, 0.3) is 50.3 Å². The van der Waals surface area contributed by atoms with Crippen molar-refractivity contribution in [2.75, 3.05) is 0 Å². The molecular formula is C48H36N4O8S4. The van der Waals surface area contributed by atoms with Gasteiger partial charge in [0, 0.05) is 23.7 Å². The average molecular weight is 925 g/mol. The van der Waals surface area contributed by atoms with Crippen molar-refractivity contribution >= 4 is 152 Å². The van der Waals surface area contributed by atoms with E-state index in [4.69, 9.17) is 9.47 Å². The number of ether oxygens (including phenoxy) is 2. The Bertz CT molecular complexity index is 3120. The van der Waals surface area contributed by atoms with Crippen LogP contribution in [-0.4, -0.2) is 55.9 Å². The van der Waals surface area contributed by atoms with E-state index >= 15 is 0 Å². The van der Waals surface area contributed by atoms with Crippen LogP contribution in [0.4, 0.5) is 19.6 Å².